The average Bonchev–Trinajstić information content (AvgIpc) is 2.81. The van der Waals surface area contributed by atoms with Gasteiger partial charge in [0.05, 0.1) is 11.4 Å². The zero-order chi connectivity index (χ0) is 13.4. The number of hydrogen-bond acceptors (Lipinski definition) is 4. The summed E-state index contributed by atoms with van der Waals surface area (Å²) in [7, 11) is 3.66. The van der Waals surface area contributed by atoms with Crippen LogP contribution >= 0.6 is 11.3 Å². The molecule has 0 radical (unpaired) electrons. The van der Waals surface area contributed by atoms with Gasteiger partial charge in [0, 0.05) is 31.4 Å². The van der Waals surface area contributed by atoms with E-state index in [-0.39, 0.29) is 5.91 Å². The molecule has 1 aromatic heterocycles. The van der Waals surface area contributed by atoms with E-state index in [1.54, 1.807) is 18.4 Å². The molecule has 1 heterocycles. The summed E-state index contributed by atoms with van der Waals surface area (Å²) < 4.78 is 0. The Bertz CT molecular complexity index is 445. The number of nitrogens with zero attached hydrogens (tertiary/aromatic N) is 1. The molecule has 0 saturated heterocycles. The Labute approximate surface area is 112 Å². The molecule has 4 nitrogen and oxygen atoms in total. The lowest BCUT2D eigenvalue weighted by Crippen LogP contribution is -2.26. The second-order valence-electron chi connectivity index (χ2n) is 3.93. The summed E-state index contributed by atoms with van der Waals surface area (Å²) in [6.45, 7) is 1.98. The number of carbonyl (C=O) groups excluding carboxylic acids is 1. The molecule has 0 aliphatic carbocycles. The van der Waals surface area contributed by atoms with E-state index in [0.717, 1.165) is 18.0 Å². The second kappa shape index (κ2) is 7.88. The lowest BCUT2D eigenvalue weighted by molar-refractivity contribution is -0.120. The summed E-state index contributed by atoms with van der Waals surface area (Å²) >= 11 is 1.67. The minimum atomic E-state index is 0.0718. The Balaban J connectivity index is 2.42. The van der Waals surface area contributed by atoms with E-state index in [1.165, 1.54) is 4.88 Å². The fourth-order valence-electron chi connectivity index (χ4n) is 1.43. The minimum Gasteiger partial charge on any atom is -0.359 e. The van der Waals surface area contributed by atoms with Crippen LogP contribution < -0.4 is 11.1 Å². The molecular formula is C13H19N3OS. The first-order valence-electron chi connectivity index (χ1n) is 5.82. The van der Waals surface area contributed by atoms with Crippen molar-refractivity contribution >= 4 is 17.2 Å². The van der Waals surface area contributed by atoms with Gasteiger partial charge in [-0.15, -0.1) is 11.3 Å². The maximum Gasteiger partial charge on any atom is 0.221 e. The number of amides is 1. The number of hydrogen-bond donors (Lipinski definition) is 2. The van der Waals surface area contributed by atoms with E-state index in [1.807, 2.05) is 13.1 Å². The first kappa shape index (κ1) is 14.7. The first-order valence-corrected chi connectivity index (χ1v) is 6.64. The van der Waals surface area contributed by atoms with Crippen molar-refractivity contribution in [1.29, 1.82) is 0 Å². The Kier molecular flexibility index (Phi) is 6.44. The number of thiophene rings is 1. The van der Waals surface area contributed by atoms with Crippen molar-refractivity contribution in [3.05, 3.63) is 21.9 Å². The second-order valence-corrected chi connectivity index (χ2v) is 5.10. The van der Waals surface area contributed by atoms with Crippen LogP contribution in [-0.2, 0) is 11.3 Å². The van der Waals surface area contributed by atoms with Crippen molar-refractivity contribution in [3.63, 3.8) is 0 Å². The quantitative estimate of drug-likeness (QED) is 0.768. The summed E-state index contributed by atoms with van der Waals surface area (Å²) in [5.74, 6) is 5.93. The van der Waals surface area contributed by atoms with Crippen LogP contribution in [0, 0.1) is 11.8 Å². The molecule has 3 N–H and O–H groups in total. The molecule has 5 heteroatoms. The van der Waals surface area contributed by atoms with Gasteiger partial charge >= 0.3 is 0 Å². The van der Waals surface area contributed by atoms with Crippen LogP contribution in [0.2, 0.25) is 0 Å². The molecule has 0 saturated carbocycles. The standard InChI is InChI=1S/C13H19N3OS/c1-15-13(17)7-9-16(2)10-12-6-5-11(18-12)4-3-8-14/h5-6H,7-10,14H2,1-2H3,(H,15,17). The number of nitrogens with two attached hydrogens (primary N) is 1. The molecule has 1 aromatic rings. The van der Waals surface area contributed by atoms with Crippen LogP contribution in [0.4, 0.5) is 0 Å². The number of nitrogens with one attached hydrogen (secondary N) is 1. The molecule has 18 heavy (non-hydrogen) atoms. The topological polar surface area (TPSA) is 58.4 Å². The van der Waals surface area contributed by atoms with Gasteiger partial charge in [-0.05, 0) is 19.2 Å². The van der Waals surface area contributed by atoms with Gasteiger partial charge in [0.1, 0.15) is 0 Å². The first-order chi connectivity index (χ1) is 8.65. The van der Waals surface area contributed by atoms with Crippen LogP contribution in [-0.4, -0.2) is 38.0 Å². The number of rotatable bonds is 5. The van der Waals surface area contributed by atoms with Gasteiger partial charge in [-0.2, -0.15) is 0 Å². The molecule has 1 amide bonds. The Morgan fingerprint density at radius 1 is 1.56 bits per heavy atom. The molecule has 0 unspecified atom stereocenters. The molecular weight excluding hydrogens is 246 g/mol. The zero-order valence-electron chi connectivity index (χ0n) is 10.8. The van der Waals surface area contributed by atoms with Crippen molar-refractivity contribution in [1.82, 2.24) is 10.2 Å². The van der Waals surface area contributed by atoms with Crippen LogP contribution in [0.15, 0.2) is 12.1 Å². The van der Waals surface area contributed by atoms with Gasteiger partial charge in [0.25, 0.3) is 0 Å². The Morgan fingerprint density at radius 2 is 2.33 bits per heavy atom. The fourth-order valence-corrected chi connectivity index (χ4v) is 2.39. The zero-order valence-corrected chi connectivity index (χ0v) is 11.6. The molecule has 0 aromatic carbocycles. The van der Waals surface area contributed by atoms with E-state index < -0.39 is 0 Å². The maximum absolute atomic E-state index is 11.1. The molecule has 0 fully saturated rings. The van der Waals surface area contributed by atoms with Gasteiger partial charge in [0.15, 0.2) is 0 Å². The van der Waals surface area contributed by atoms with E-state index in [4.69, 9.17) is 5.73 Å². The van der Waals surface area contributed by atoms with Crippen molar-refractivity contribution in [2.75, 3.05) is 27.2 Å². The summed E-state index contributed by atoms with van der Waals surface area (Å²) in [6.07, 6.45) is 0.526. The minimum absolute atomic E-state index is 0.0718. The van der Waals surface area contributed by atoms with Gasteiger partial charge in [0.2, 0.25) is 5.91 Å². The van der Waals surface area contributed by atoms with Crippen molar-refractivity contribution in [3.8, 4) is 11.8 Å². The highest BCUT2D eigenvalue weighted by Crippen LogP contribution is 2.16. The lowest BCUT2D eigenvalue weighted by atomic mass is 10.3. The molecule has 98 valence electrons. The summed E-state index contributed by atoms with van der Waals surface area (Å²) in [5.41, 5.74) is 5.33. The van der Waals surface area contributed by atoms with Crippen LogP contribution in [0.1, 0.15) is 16.2 Å². The number of carbonyl (C=O) groups is 1. The largest absolute Gasteiger partial charge is 0.359 e. The van der Waals surface area contributed by atoms with Crippen molar-refractivity contribution < 1.29 is 4.79 Å². The van der Waals surface area contributed by atoms with Crippen LogP contribution in [0.3, 0.4) is 0 Å². The normalized spacial score (nSPS) is 10.0. The predicted molar refractivity (Wildman–Crippen MR) is 75.3 cm³/mol. The SMILES string of the molecule is CNC(=O)CCN(C)Cc1ccc(C#CCN)s1. The maximum atomic E-state index is 11.1. The Morgan fingerprint density at radius 3 is 3.00 bits per heavy atom. The summed E-state index contributed by atoms with van der Waals surface area (Å²) in [4.78, 5) is 15.5. The van der Waals surface area contributed by atoms with Gasteiger partial charge < -0.3 is 16.0 Å². The Hall–Kier alpha value is -1.35. The molecule has 0 spiro atoms. The highest BCUT2D eigenvalue weighted by Gasteiger charge is 2.05. The highest BCUT2D eigenvalue weighted by atomic mass is 32.1. The predicted octanol–water partition coefficient (Wildman–Crippen LogP) is 0.626. The molecule has 0 aliphatic rings. The monoisotopic (exact) mass is 265 g/mol. The van der Waals surface area contributed by atoms with Crippen molar-refractivity contribution in [2.24, 2.45) is 5.73 Å². The summed E-state index contributed by atoms with van der Waals surface area (Å²) in [5, 5.41) is 2.62. The third-order valence-corrected chi connectivity index (χ3v) is 3.39. The summed E-state index contributed by atoms with van der Waals surface area (Å²) in [6, 6.07) is 4.08. The third kappa shape index (κ3) is 5.32. The van der Waals surface area contributed by atoms with Gasteiger partial charge in [-0.1, -0.05) is 11.8 Å². The van der Waals surface area contributed by atoms with Gasteiger partial charge in [-0.25, -0.2) is 0 Å². The third-order valence-electron chi connectivity index (χ3n) is 2.40. The lowest BCUT2D eigenvalue weighted by Gasteiger charge is -2.14. The molecule has 0 aliphatic heterocycles. The van der Waals surface area contributed by atoms with E-state index in [9.17, 15) is 4.79 Å². The van der Waals surface area contributed by atoms with E-state index in [2.05, 4.69) is 28.1 Å². The average molecular weight is 265 g/mol. The van der Waals surface area contributed by atoms with E-state index >= 15 is 0 Å². The molecule has 0 bridgehead atoms. The van der Waals surface area contributed by atoms with E-state index in [0.29, 0.717) is 13.0 Å². The molecule has 0 atom stereocenters. The van der Waals surface area contributed by atoms with Crippen LogP contribution in [0.5, 0.6) is 0 Å². The van der Waals surface area contributed by atoms with Crippen molar-refractivity contribution in [2.45, 2.75) is 13.0 Å². The smallest absolute Gasteiger partial charge is 0.221 e. The molecule has 1 rings (SSSR count). The van der Waals surface area contributed by atoms with Crippen LogP contribution in [0.25, 0.3) is 0 Å². The fraction of sp³-hybridized carbons (Fsp3) is 0.462. The highest BCUT2D eigenvalue weighted by molar-refractivity contribution is 7.12. The van der Waals surface area contributed by atoms with Gasteiger partial charge in [-0.3, -0.25) is 4.79 Å².